The lowest BCUT2D eigenvalue weighted by molar-refractivity contribution is -0.120. The standard InChI is InChI=1S/C22H26N2O5S/c1-3-29-22(26)18-6-10-20(11-7-18)30(27,28)24-14-12-17(13-15-24)21(25)23-19-8-4-16(2)5-9-19/h4-11,17H,3,12-15H2,1-2H3,(H,23,25). The number of piperidine rings is 1. The molecule has 0 aromatic heterocycles. The smallest absolute Gasteiger partial charge is 0.338 e. The zero-order valence-electron chi connectivity index (χ0n) is 17.1. The first kappa shape index (κ1) is 22.0. The minimum Gasteiger partial charge on any atom is -0.462 e. The van der Waals surface area contributed by atoms with Crippen LogP contribution in [0.25, 0.3) is 0 Å². The summed E-state index contributed by atoms with van der Waals surface area (Å²) in [5.41, 5.74) is 2.16. The predicted molar refractivity (Wildman–Crippen MR) is 114 cm³/mol. The summed E-state index contributed by atoms with van der Waals surface area (Å²) >= 11 is 0. The van der Waals surface area contributed by atoms with Gasteiger partial charge in [0.1, 0.15) is 0 Å². The largest absolute Gasteiger partial charge is 0.462 e. The highest BCUT2D eigenvalue weighted by molar-refractivity contribution is 7.89. The van der Waals surface area contributed by atoms with Crippen LogP contribution in [0.4, 0.5) is 5.69 Å². The van der Waals surface area contributed by atoms with Gasteiger partial charge in [-0.3, -0.25) is 4.79 Å². The third-order valence-electron chi connectivity index (χ3n) is 5.15. The van der Waals surface area contributed by atoms with Crippen LogP contribution in [0.2, 0.25) is 0 Å². The fourth-order valence-electron chi connectivity index (χ4n) is 3.37. The fraction of sp³-hybridized carbons (Fsp3) is 0.364. The molecule has 160 valence electrons. The lowest BCUT2D eigenvalue weighted by Crippen LogP contribution is -2.41. The van der Waals surface area contributed by atoms with Gasteiger partial charge in [0.05, 0.1) is 17.1 Å². The summed E-state index contributed by atoms with van der Waals surface area (Å²) in [7, 11) is -3.68. The Balaban J connectivity index is 1.60. The molecule has 1 aliphatic heterocycles. The van der Waals surface area contributed by atoms with Crippen LogP contribution in [0, 0.1) is 12.8 Å². The third-order valence-corrected chi connectivity index (χ3v) is 7.06. The minimum absolute atomic E-state index is 0.0882. The molecule has 1 aliphatic rings. The monoisotopic (exact) mass is 430 g/mol. The van der Waals surface area contributed by atoms with Gasteiger partial charge in [0.15, 0.2) is 0 Å². The van der Waals surface area contributed by atoms with Crippen molar-refractivity contribution >= 4 is 27.6 Å². The highest BCUT2D eigenvalue weighted by Gasteiger charge is 2.32. The van der Waals surface area contributed by atoms with E-state index in [2.05, 4.69) is 5.32 Å². The van der Waals surface area contributed by atoms with Crippen molar-refractivity contribution in [3.8, 4) is 0 Å². The number of benzene rings is 2. The Morgan fingerprint density at radius 3 is 2.20 bits per heavy atom. The summed E-state index contributed by atoms with van der Waals surface area (Å²) in [5, 5.41) is 2.90. The van der Waals surface area contributed by atoms with Gasteiger partial charge in [-0.1, -0.05) is 17.7 Å². The highest BCUT2D eigenvalue weighted by Crippen LogP contribution is 2.25. The van der Waals surface area contributed by atoms with Gasteiger partial charge < -0.3 is 10.1 Å². The van der Waals surface area contributed by atoms with Gasteiger partial charge in [0.2, 0.25) is 15.9 Å². The van der Waals surface area contributed by atoms with E-state index in [1.807, 2.05) is 31.2 Å². The lowest BCUT2D eigenvalue weighted by atomic mass is 9.97. The molecule has 0 saturated carbocycles. The van der Waals surface area contributed by atoms with E-state index in [0.29, 0.717) is 18.4 Å². The van der Waals surface area contributed by atoms with Crippen LogP contribution in [0.15, 0.2) is 53.4 Å². The number of aryl methyl sites for hydroxylation is 1. The van der Waals surface area contributed by atoms with E-state index < -0.39 is 16.0 Å². The second kappa shape index (κ2) is 9.40. The van der Waals surface area contributed by atoms with Crippen molar-refractivity contribution in [2.45, 2.75) is 31.6 Å². The number of nitrogens with zero attached hydrogens (tertiary/aromatic N) is 1. The number of hydrogen-bond donors (Lipinski definition) is 1. The van der Waals surface area contributed by atoms with Crippen LogP contribution in [0.5, 0.6) is 0 Å². The molecule has 1 amide bonds. The number of sulfonamides is 1. The molecular weight excluding hydrogens is 404 g/mol. The van der Waals surface area contributed by atoms with Crippen molar-refractivity contribution in [2.24, 2.45) is 5.92 Å². The van der Waals surface area contributed by atoms with Crippen molar-refractivity contribution in [3.05, 3.63) is 59.7 Å². The van der Waals surface area contributed by atoms with E-state index in [4.69, 9.17) is 4.74 Å². The van der Waals surface area contributed by atoms with Crippen molar-refractivity contribution in [2.75, 3.05) is 25.0 Å². The summed E-state index contributed by atoms with van der Waals surface area (Å²) in [6.45, 7) is 4.49. The summed E-state index contributed by atoms with van der Waals surface area (Å²) in [6, 6.07) is 13.3. The van der Waals surface area contributed by atoms with E-state index >= 15 is 0 Å². The Labute approximate surface area is 177 Å². The Morgan fingerprint density at radius 1 is 1.03 bits per heavy atom. The molecule has 7 nitrogen and oxygen atoms in total. The maximum Gasteiger partial charge on any atom is 0.338 e. The molecule has 2 aromatic rings. The summed E-state index contributed by atoms with van der Waals surface area (Å²) < 4.78 is 32.1. The normalized spacial score (nSPS) is 15.5. The number of carbonyl (C=O) groups excluding carboxylic acids is 2. The Morgan fingerprint density at radius 2 is 1.63 bits per heavy atom. The molecule has 3 rings (SSSR count). The lowest BCUT2D eigenvalue weighted by Gasteiger charge is -2.30. The molecule has 0 unspecified atom stereocenters. The van der Waals surface area contributed by atoms with Gasteiger partial charge in [-0.25, -0.2) is 13.2 Å². The minimum atomic E-state index is -3.68. The molecule has 8 heteroatoms. The second-order valence-electron chi connectivity index (χ2n) is 7.28. The average Bonchev–Trinajstić information content (AvgIpc) is 2.75. The number of rotatable bonds is 6. The van der Waals surface area contributed by atoms with Crippen LogP contribution in [0.1, 0.15) is 35.7 Å². The fourth-order valence-corrected chi connectivity index (χ4v) is 4.84. The van der Waals surface area contributed by atoms with Crippen molar-refractivity contribution in [1.29, 1.82) is 0 Å². The summed E-state index contributed by atoms with van der Waals surface area (Å²) in [4.78, 5) is 24.4. The number of nitrogens with one attached hydrogen (secondary N) is 1. The first-order chi connectivity index (χ1) is 14.3. The zero-order valence-corrected chi connectivity index (χ0v) is 17.9. The molecule has 0 radical (unpaired) electrons. The van der Waals surface area contributed by atoms with E-state index in [9.17, 15) is 18.0 Å². The van der Waals surface area contributed by atoms with Gasteiger partial charge in [-0.2, -0.15) is 4.31 Å². The first-order valence-corrected chi connectivity index (χ1v) is 11.4. The molecular formula is C22H26N2O5S. The number of ether oxygens (including phenoxy) is 1. The average molecular weight is 431 g/mol. The van der Waals surface area contributed by atoms with Crippen molar-refractivity contribution in [1.82, 2.24) is 4.31 Å². The molecule has 0 bridgehead atoms. The topological polar surface area (TPSA) is 92.8 Å². The molecule has 0 atom stereocenters. The first-order valence-electron chi connectivity index (χ1n) is 9.96. The van der Waals surface area contributed by atoms with Crippen LogP contribution < -0.4 is 5.32 Å². The van der Waals surface area contributed by atoms with Gasteiger partial charge in [0.25, 0.3) is 0 Å². The molecule has 1 saturated heterocycles. The zero-order chi connectivity index (χ0) is 21.7. The van der Waals surface area contributed by atoms with E-state index in [0.717, 1.165) is 11.3 Å². The SMILES string of the molecule is CCOC(=O)c1ccc(S(=O)(=O)N2CCC(C(=O)Nc3ccc(C)cc3)CC2)cc1. The number of hydrogen-bond acceptors (Lipinski definition) is 5. The van der Waals surface area contributed by atoms with Crippen LogP contribution in [-0.2, 0) is 19.6 Å². The maximum absolute atomic E-state index is 12.9. The van der Waals surface area contributed by atoms with Gasteiger partial charge >= 0.3 is 5.97 Å². The predicted octanol–water partition coefficient (Wildman–Crippen LogP) is 3.21. The van der Waals surface area contributed by atoms with Crippen LogP contribution in [-0.4, -0.2) is 44.3 Å². The highest BCUT2D eigenvalue weighted by atomic mass is 32.2. The third kappa shape index (κ3) is 5.06. The molecule has 1 heterocycles. The summed E-state index contributed by atoms with van der Waals surface area (Å²) in [5.74, 6) is -0.805. The second-order valence-corrected chi connectivity index (χ2v) is 9.22. The maximum atomic E-state index is 12.9. The Hall–Kier alpha value is -2.71. The summed E-state index contributed by atoms with van der Waals surface area (Å²) in [6.07, 6.45) is 0.912. The quantitative estimate of drug-likeness (QED) is 0.711. The van der Waals surface area contributed by atoms with E-state index in [-0.39, 0.29) is 36.4 Å². The van der Waals surface area contributed by atoms with E-state index in [1.165, 1.54) is 28.6 Å². The molecule has 0 aliphatic carbocycles. The Bertz CT molecular complexity index is 993. The van der Waals surface area contributed by atoms with Crippen molar-refractivity contribution < 1.29 is 22.7 Å². The number of anilines is 1. The molecule has 2 aromatic carbocycles. The Kier molecular flexibility index (Phi) is 6.89. The molecule has 30 heavy (non-hydrogen) atoms. The number of carbonyl (C=O) groups is 2. The van der Waals surface area contributed by atoms with Gasteiger partial charge in [0, 0.05) is 24.7 Å². The van der Waals surface area contributed by atoms with Gasteiger partial charge in [-0.05, 0) is 63.1 Å². The van der Waals surface area contributed by atoms with E-state index in [1.54, 1.807) is 6.92 Å². The molecule has 1 N–H and O–H groups in total. The molecule has 0 spiro atoms. The van der Waals surface area contributed by atoms with Crippen LogP contribution in [0.3, 0.4) is 0 Å². The number of esters is 1. The number of amides is 1. The van der Waals surface area contributed by atoms with Gasteiger partial charge in [-0.15, -0.1) is 0 Å². The van der Waals surface area contributed by atoms with Crippen LogP contribution >= 0.6 is 0 Å². The van der Waals surface area contributed by atoms with Crippen molar-refractivity contribution in [3.63, 3.8) is 0 Å². The molecule has 1 fully saturated rings.